The molecule has 4 rings (SSSR count). The van der Waals surface area contributed by atoms with Gasteiger partial charge >= 0.3 is 13.5 Å². The number of aliphatic hydroxyl groups is 1. The van der Waals surface area contributed by atoms with Crippen molar-refractivity contribution in [3.8, 4) is 0 Å². The summed E-state index contributed by atoms with van der Waals surface area (Å²) in [6, 6.07) is 0. The lowest BCUT2D eigenvalue weighted by molar-refractivity contribution is -0.00236. The van der Waals surface area contributed by atoms with Crippen LogP contribution in [0, 0.1) is 0 Å². The van der Waals surface area contributed by atoms with Gasteiger partial charge in [0.15, 0.2) is 5.65 Å². The van der Waals surface area contributed by atoms with Crippen LogP contribution in [0.5, 0.6) is 0 Å². The minimum absolute atomic E-state index is 0.0119. The van der Waals surface area contributed by atoms with Gasteiger partial charge in [-0.3, -0.25) is 9.05 Å². The lowest BCUT2D eigenvalue weighted by atomic mass is 10.2. The Balaban J connectivity index is 1.64. The van der Waals surface area contributed by atoms with E-state index in [2.05, 4.69) is 27.2 Å². The van der Waals surface area contributed by atoms with Crippen molar-refractivity contribution >= 4 is 48.7 Å². The van der Waals surface area contributed by atoms with Crippen LogP contribution in [0.15, 0.2) is 12.5 Å². The van der Waals surface area contributed by atoms with Crippen LogP contribution in [0.4, 0.5) is 0 Å². The van der Waals surface area contributed by atoms with Gasteiger partial charge in [0.2, 0.25) is 0 Å². The summed E-state index contributed by atoms with van der Waals surface area (Å²) in [7, 11) is 0. The monoisotopic (exact) mass is 484 g/mol. The number of ether oxygens (including phenoxy) is 1. The first-order valence-electron chi connectivity index (χ1n) is 8.46. The zero-order valence-electron chi connectivity index (χ0n) is 14.8. The summed E-state index contributed by atoms with van der Waals surface area (Å²) in [5, 5.41) is 10.3. The van der Waals surface area contributed by atoms with Crippen molar-refractivity contribution < 1.29 is 37.4 Å². The number of imidazole rings is 1. The van der Waals surface area contributed by atoms with Crippen LogP contribution in [-0.2, 0) is 52.4 Å². The Hall–Kier alpha value is -0.500. The Kier molecular flexibility index (Phi) is 6.41. The van der Waals surface area contributed by atoms with Crippen molar-refractivity contribution in [3.63, 3.8) is 0 Å². The summed E-state index contributed by atoms with van der Waals surface area (Å²) >= 11 is 8.97. The summed E-state index contributed by atoms with van der Waals surface area (Å²) in [5.41, 5.74) is 0.987. The summed E-state index contributed by atoms with van der Waals surface area (Å²) in [5.74, 6) is 0.366. The number of aromatic nitrogens is 4. The van der Waals surface area contributed by atoms with Gasteiger partial charge in [-0.25, -0.2) is 19.5 Å². The molecule has 0 aliphatic carbocycles. The van der Waals surface area contributed by atoms with E-state index < -0.39 is 31.8 Å². The van der Waals surface area contributed by atoms with Gasteiger partial charge in [0.1, 0.15) is 42.6 Å². The number of hydrogen-bond donors (Lipinski definition) is 3. The van der Waals surface area contributed by atoms with Crippen molar-refractivity contribution in [2.75, 3.05) is 19.8 Å². The van der Waals surface area contributed by atoms with E-state index in [0.29, 0.717) is 17.0 Å². The second kappa shape index (κ2) is 8.56. The first-order valence-corrected chi connectivity index (χ1v) is 13.8. The number of fused-ring (bicyclic) bond motifs is 5. The molecule has 0 spiro atoms. The minimum Gasteiger partial charge on any atom is -0.387 e. The molecule has 2 aliphatic rings. The van der Waals surface area contributed by atoms with E-state index >= 15 is 0 Å². The van der Waals surface area contributed by atoms with Gasteiger partial charge in [-0.15, -0.1) is 0 Å². The second-order valence-electron chi connectivity index (χ2n) is 6.26. The molecule has 5 atom stereocenters. The molecule has 29 heavy (non-hydrogen) atoms. The standard InChI is InChI=1S/C13H18N4O8P2S2/c18-12-9-5-23-26(19,28)22-2-1-17-11(16-8-3-14-7-15-13(8)17)6-24-27(20,29)25-10(12)4-21-9/h3,7,9-10,12,18H,1-2,4-6H2,(H,19,28)(H,20,29)/t9-,10+,12-,26?,27?/m1/s1. The molecule has 0 aromatic carbocycles. The average molecular weight is 484 g/mol. The maximum absolute atomic E-state index is 12.6. The third-order valence-electron chi connectivity index (χ3n) is 4.32. The Morgan fingerprint density at radius 2 is 2.10 bits per heavy atom. The number of hydrogen-bond acceptors (Lipinski definition) is 11. The lowest BCUT2D eigenvalue weighted by Crippen LogP contribution is -2.34. The van der Waals surface area contributed by atoms with Crippen LogP contribution in [0.3, 0.4) is 0 Å². The molecule has 1 fully saturated rings. The van der Waals surface area contributed by atoms with E-state index in [9.17, 15) is 14.6 Å². The summed E-state index contributed by atoms with van der Waals surface area (Å²) < 4.78 is 41.0. The third-order valence-corrected chi connectivity index (χ3v) is 7.56. The van der Waals surface area contributed by atoms with Crippen molar-refractivity contribution in [2.24, 2.45) is 0 Å². The minimum atomic E-state index is -3.85. The molecule has 12 nitrogen and oxygen atoms in total. The van der Waals surface area contributed by atoms with E-state index in [-0.39, 0.29) is 33.0 Å². The van der Waals surface area contributed by atoms with Crippen LogP contribution in [0.25, 0.3) is 11.2 Å². The largest absolute Gasteiger partial charge is 0.387 e. The highest BCUT2D eigenvalue weighted by atomic mass is 32.7. The molecule has 0 amide bonds. The Morgan fingerprint density at radius 1 is 1.28 bits per heavy atom. The van der Waals surface area contributed by atoms with Crippen molar-refractivity contribution in [3.05, 3.63) is 18.3 Å². The van der Waals surface area contributed by atoms with Crippen LogP contribution in [0.2, 0.25) is 0 Å². The van der Waals surface area contributed by atoms with Crippen LogP contribution < -0.4 is 0 Å². The summed E-state index contributed by atoms with van der Waals surface area (Å²) in [6.45, 7) is -7.74. The van der Waals surface area contributed by atoms with Crippen LogP contribution >= 0.6 is 25.8 Å². The highest BCUT2D eigenvalue weighted by molar-refractivity contribution is 8.44. The van der Waals surface area contributed by atoms with Gasteiger partial charge in [-0.05, 0) is 11.8 Å². The topological polar surface area (TPSA) is 147 Å². The van der Waals surface area contributed by atoms with E-state index in [1.807, 2.05) is 0 Å². The number of thiol groups is 1. The lowest BCUT2D eigenvalue weighted by Gasteiger charge is -2.21. The van der Waals surface area contributed by atoms with Crippen molar-refractivity contribution in [1.82, 2.24) is 19.5 Å². The van der Waals surface area contributed by atoms with Crippen LogP contribution in [-0.4, -0.2) is 67.7 Å². The smallest absolute Gasteiger partial charge is 0.386 e. The molecule has 160 valence electrons. The number of rotatable bonds is 0. The van der Waals surface area contributed by atoms with E-state index in [4.69, 9.17) is 34.6 Å². The van der Waals surface area contributed by atoms with Gasteiger partial charge < -0.3 is 28.4 Å². The van der Waals surface area contributed by atoms with Gasteiger partial charge in [-0.1, -0.05) is 12.2 Å². The Morgan fingerprint density at radius 3 is 2.93 bits per heavy atom. The van der Waals surface area contributed by atoms with E-state index in [1.54, 1.807) is 4.57 Å². The highest BCUT2D eigenvalue weighted by Gasteiger charge is 2.41. The Labute approximate surface area is 175 Å². The molecule has 16 heteroatoms. The zero-order chi connectivity index (χ0) is 20.6. The number of nitrogens with zero attached hydrogens (tertiary/aromatic N) is 4. The zero-order valence-corrected chi connectivity index (χ0v) is 18.3. The maximum Gasteiger partial charge on any atom is 0.386 e. The molecular formula is C13H18N4O8P2S2. The van der Waals surface area contributed by atoms with E-state index in [1.165, 1.54) is 12.5 Å². The fourth-order valence-corrected chi connectivity index (χ4v) is 5.49. The molecule has 2 N–H and O–H groups in total. The quantitative estimate of drug-likeness (QED) is 0.359. The average Bonchev–Trinajstić information content (AvgIpc) is 3.18. The van der Waals surface area contributed by atoms with Gasteiger partial charge in [-0.2, -0.15) is 0 Å². The predicted octanol–water partition coefficient (Wildman–Crippen LogP) is 0.789. The molecule has 2 bridgehead atoms. The molecule has 2 aromatic heterocycles. The molecule has 2 unspecified atom stereocenters. The molecule has 2 aromatic rings. The molecule has 1 saturated heterocycles. The fraction of sp³-hybridized carbons (Fsp3) is 0.615. The van der Waals surface area contributed by atoms with Crippen molar-refractivity contribution in [2.45, 2.75) is 31.5 Å². The maximum atomic E-state index is 12.6. The van der Waals surface area contributed by atoms with Gasteiger partial charge in [0.05, 0.1) is 26.0 Å². The molecule has 0 saturated carbocycles. The normalized spacial score (nSPS) is 37.0. The first kappa shape index (κ1) is 21.7. The fourth-order valence-electron chi connectivity index (χ4n) is 2.96. The van der Waals surface area contributed by atoms with Gasteiger partial charge in [0, 0.05) is 6.54 Å². The molecular weight excluding hydrogens is 466 g/mol. The summed E-state index contributed by atoms with van der Waals surface area (Å²) in [4.78, 5) is 22.7. The predicted molar refractivity (Wildman–Crippen MR) is 106 cm³/mol. The van der Waals surface area contributed by atoms with Gasteiger partial charge in [0.25, 0.3) is 0 Å². The molecule has 4 heterocycles. The molecule has 0 radical (unpaired) electrons. The number of aliphatic hydroxyl groups excluding tert-OH is 1. The Bertz CT molecular complexity index is 993. The van der Waals surface area contributed by atoms with Crippen molar-refractivity contribution in [1.29, 1.82) is 0 Å². The SMILES string of the molecule is O=P1(S)OCc2nc3cncnc3n2CCOP(O)(=S)OC[C@H]2OC[C@H](O1)[C@@H]2O. The van der Waals surface area contributed by atoms with Crippen LogP contribution in [0.1, 0.15) is 5.82 Å². The first-order chi connectivity index (χ1) is 13.7. The third kappa shape index (κ3) is 5.05. The van der Waals surface area contributed by atoms with E-state index in [0.717, 1.165) is 0 Å². The second-order valence-corrected chi connectivity index (χ2v) is 12.0. The highest BCUT2D eigenvalue weighted by Crippen LogP contribution is 2.55. The summed E-state index contributed by atoms with van der Waals surface area (Å²) in [6.07, 6.45) is -0.103. The molecule has 2 aliphatic heterocycles.